The predicted molar refractivity (Wildman–Crippen MR) is 60.2 cm³/mol. The van der Waals surface area contributed by atoms with Crippen molar-refractivity contribution >= 4 is 5.91 Å². The van der Waals surface area contributed by atoms with Crippen LogP contribution in [-0.4, -0.2) is 30.8 Å². The molecule has 0 unspecified atom stereocenters. The molecule has 1 aromatic carbocycles. The second-order valence-corrected chi connectivity index (χ2v) is 3.00. The summed E-state index contributed by atoms with van der Waals surface area (Å²) >= 11 is 0. The van der Waals surface area contributed by atoms with Crippen molar-refractivity contribution in [2.24, 2.45) is 0 Å². The SMILES string of the molecule is C#CCOc1cccc(C(=O)NCCO)c1. The lowest BCUT2D eigenvalue weighted by molar-refractivity contribution is 0.0944. The minimum absolute atomic E-state index is 0.0843. The van der Waals surface area contributed by atoms with Crippen LogP contribution in [0.3, 0.4) is 0 Å². The first kappa shape index (κ1) is 12.1. The van der Waals surface area contributed by atoms with Crippen molar-refractivity contribution in [3.8, 4) is 18.1 Å². The number of aliphatic hydroxyl groups excluding tert-OH is 1. The number of carbonyl (C=O) groups excluding carboxylic acids is 1. The number of hydrogen-bond acceptors (Lipinski definition) is 3. The molecule has 0 aromatic heterocycles. The predicted octanol–water partition coefficient (Wildman–Crippen LogP) is 0.421. The molecule has 2 N–H and O–H groups in total. The van der Waals surface area contributed by atoms with Crippen molar-refractivity contribution < 1.29 is 14.6 Å². The molecule has 0 radical (unpaired) electrons. The molecule has 0 bridgehead atoms. The summed E-state index contributed by atoms with van der Waals surface area (Å²) in [6.45, 7) is 0.314. The molecule has 0 aliphatic carbocycles. The minimum atomic E-state index is -0.250. The van der Waals surface area contributed by atoms with Gasteiger partial charge < -0.3 is 15.2 Å². The van der Waals surface area contributed by atoms with Crippen LogP contribution in [0, 0.1) is 12.3 Å². The third-order valence-corrected chi connectivity index (χ3v) is 1.82. The van der Waals surface area contributed by atoms with Crippen molar-refractivity contribution in [3.05, 3.63) is 29.8 Å². The zero-order valence-electron chi connectivity index (χ0n) is 8.77. The van der Waals surface area contributed by atoms with Crippen LogP contribution in [-0.2, 0) is 0 Å². The summed E-state index contributed by atoms with van der Waals surface area (Å²) in [6.07, 6.45) is 5.06. The molecule has 84 valence electrons. The summed E-state index contributed by atoms with van der Waals surface area (Å²) in [7, 11) is 0. The molecule has 0 saturated carbocycles. The van der Waals surface area contributed by atoms with Gasteiger partial charge >= 0.3 is 0 Å². The third-order valence-electron chi connectivity index (χ3n) is 1.82. The lowest BCUT2D eigenvalue weighted by Crippen LogP contribution is -2.26. The molecular weight excluding hydrogens is 206 g/mol. The summed E-state index contributed by atoms with van der Waals surface area (Å²) in [4.78, 5) is 11.5. The van der Waals surface area contributed by atoms with E-state index < -0.39 is 0 Å². The minimum Gasteiger partial charge on any atom is -0.481 e. The molecule has 0 saturated heterocycles. The van der Waals surface area contributed by atoms with E-state index in [0.717, 1.165) is 0 Å². The normalized spacial score (nSPS) is 9.25. The van der Waals surface area contributed by atoms with E-state index in [-0.39, 0.29) is 25.7 Å². The van der Waals surface area contributed by atoms with Gasteiger partial charge in [0.05, 0.1) is 6.61 Å². The number of rotatable bonds is 5. The van der Waals surface area contributed by atoms with E-state index in [4.69, 9.17) is 16.3 Å². The van der Waals surface area contributed by atoms with Crippen LogP contribution in [0.2, 0.25) is 0 Å². The number of carbonyl (C=O) groups is 1. The van der Waals surface area contributed by atoms with Gasteiger partial charge in [-0.05, 0) is 18.2 Å². The Hall–Kier alpha value is -1.99. The van der Waals surface area contributed by atoms with Gasteiger partial charge in [-0.15, -0.1) is 6.42 Å². The van der Waals surface area contributed by atoms with E-state index in [1.807, 2.05) is 0 Å². The molecule has 1 amide bonds. The fourth-order valence-corrected chi connectivity index (χ4v) is 1.12. The summed E-state index contributed by atoms with van der Waals surface area (Å²) in [5.41, 5.74) is 0.475. The summed E-state index contributed by atoms with van der Waals surface area (Å²) in [5.74, 6) is 2.64. The first-order valence-corrected chi connectivity index (χ1v) is 4.83. The first-order valence-electron chi connectivity index (χ1n) is 4.83. The van der Waals surface area contributed by atoms with E-state index in [0.29, 0.717) is 11.3 Å². The van der Waals surface area contributed by atoms with E-state index in [2.05, 4.69) is 11.2 Å². The van der Waals surface area contributed by atoms with Gasteiger partial charge in [-0.25, -0.2) is 0 Å². The van der Waals surface area contributed by atoms with Crippen LogP contribution < -0.4 is 10.1 Å². The van der Waals surface area contributed by atoms with Crippen LogP contribution in [0.25, 0.3) is 0 Å². The van der Waals surface area contributed by atoms with E-state index >= 15 is 0 Å². The van der Waals surface area contributed by atoms with Crippen LogP contribution in [0.4, 0.5) is 0 Å². The van der Waals surface area contributed by atoms with Crippen LogP contribution in [0.15, 0.2) is 24.3 Å². The Balaban J connectivity index is 2.66. The van der Waals surface area contributed by atoms with Crippen molar-refractivity contribution in [1.82, 2.24) is 5.32 Å². The van der Waals surface area contributed by atoms with Gasteiger partial charge in [-0.2, -0.15) is 0 Å². The number of amides is 1. The van der Waals surface area contributed by atoms with Crippen LogP contribution in [0.1, 0.15) is 10.4 Å². The van der Waals surface area contributed by atoms with Gasteiger partial charge in [-0.3, -0.25) is 4.79 Å². The maximum Gasteiger partial charge on any atom is 0.251 e. The maximum atomic E-state index is 11.5. The summed E-state index contributed by atoms with van der Waals surface area (Å²) in [5, 5.41) is 11.1. The van der Waals surface area contributed by atoms with Gasteiger partial charge in [-0.1, -0.05) is 12.0 Å². The van der Waals surface area contributed by atoms with E-state index in [9.17, 15) is 4.79 Å². The highest BCUT2D eigenvalue weighted by molar-refractivity contribution is 5.94. The van der Waals surface area contributed by atoms with Gasteiger partial charge in [0, 0.05) is 12.1 Å². The monoisotopic (exact) mass is 219 g/mol. The second kappa shape index (κ2) is 6.49. The Morgan fingerprint density at radius 2 is 2.38 bits per heavy atom. The van der Waals surface area contributed by atoms with Crippen molar-refractivity contribution in [2.75, 3.05) is 19.8 Å². The number of hydrogen-bond donors (Lipinski definition) is 2. The molecule has 0 fully saturated rings. The highest BCUT2D eigenvalue weighted by Crippen LogP contribution is 2.12. The van der Waals surface area contributed by atoms with Gasteiger partial charge in [0.15, 0.2) is 0 Å². The van der Waals surface area contributed by atoms with E-state index in [1.54, 1.807) is 24.3 Å². The second-order valence-electron chi connectivity index (χ2n) is 3.00. The maximum absolute atomic E-state index is 11.5. The standard InChI is InChI=1S/C12H13NO3/c1-2-8-16-11-5-3-4-10(9-11)12(15)13-6-7-14/h1,3-5,9,14H,6-8H2,(H,13,15). The lowest BCUT2D eigenvalue weighted by Gasteiger charge is -2.06. The zero-order valence-corrected chi connectivity index (χ0v) is 8.77. The summed E-state index contributed by atoms with van der Waals surface area (Å²) < 4.78 is 5.18. The Morgan fingerprint density at radius 1 is 1.56 bits per heavy atom. The lowest BCUT2D eigenvalue weighted by atomic mass is 10.2. The molecule has 16 heavy (non-hydrogen) atoms. The Morgan fingerprint density at radius 3 is 3.06 bits per heavy atom. The summed E-state index contributed by atoms with van der Waals surface area (Å²) in [6, 6.07) is 6.69. The fraction of sp³-hybridized carbons (Fsp3) is 0.250. The molecule has 0 heterocycles. The number of nitrogens with one attached hydrogen (secondary N) is 1. The molecule has 4 nitrogen and oxygen atoms in total. The van der Waals surface area contributed by atoms with Crippen molar-refractivity contribution in [3.63, 3.8) is 0 Å². The number of terminal acetylenes is 1. The van der Waals surface area contributed by atoms with Crippen molar-refractivity contribution in [1.29, 1.82) is 0 Å². The molecule has 0 spiro atoms. The largest absolute Gasteiger partial charge is 0.481 e. The smallest absolute Gasteiger partial charge is 0.251 e. The van der Waals surface area contributed by atoms with E-state index in [1.165, 1.54) is 0 Å². The average molecular weight is 219 g/mol. The topological polar surface area (TPSA) is 58.6 Å². The van der Waals surface area contributed by atoms with Crippen LogP contribution >= 0.6 is 0 Å². The first-order chi connectivity index (χ1) is 7.77. The molecule has 0 aliphatic heterocycles. The number of aliphatic hydroxyl groups is 1. The Labute approximate surface area is 94.2 Å². The van der Waals surface area contributed by atoms with Gasteiger partial charge in [0.25, 0.3) is 5.91 Å². The number of ether oxygens (including phenoxy) is 1. The van der Waals surface area contributed by atoms with Crippen LogP contribution in [0.5, 0.6) is 5.75 Å². The highest BCUT2D eigenvalue weighted by Gasteiger charge is 2.05. The fourth-order valence-electron chi connectivity index (χ4n) is 1.12. The molecule has 0 aliphatic rings. The van der Waals surface area contributed by atoms with Gasteiger partial charge in [0.1, 0.15) is 12.4 Å². The zero-order chi connectivity index (χ0) is 11.8. The highest BCUT2D eigenvalue weighted by atomic mass is 16.5. The number of benzene rings is 1. The molecule has 4 heteroatoms. The molecule has 0 atom stereocenters. The van der Waals surface area contributed by atoms with Gasteiger partial charge in [0.2, 0.25) is 0 Å². The van der Waals surface area contributed by atoms with Crippen molar-refractivity contribution in [2.45, 2.75) is 0 Å². The Bertz CT molecular complexity index is 395. The quantitative estimate of drug-likeness (QED) is 0.706. The molecule has 1 aromatic rings. The molecule has 1 rings (SSSR count). The average Bonchev–Trinajstić information content (AvgIpc) is 2.33. The molecular formula is C12H13NO3. The third kappa shape index (κ3) is 3.64. The Kier molecular flexibility index (Phi) is 4.90.